The van der Waals surface area contributed by atoms with Crippen LogP contribution >= 0.6 is 12.2 Å². The maximum atomic E-state index is 6.63. The maximum absolute atomic E-state index is 6.63. The second-order valence-electron chi connectivity index (χ2n) is 6.64. The minimum absolute atomic E-state index is 0.0801. The summed E-state index contributed by atoms with van der Waals surface area (Å²) < 4.78 is 0. The van der Waals surface area contributed by atoms with Gasteiger partial charge in [0.15, 0.2) is 0 Å². The number of thiocarbonyl (C=S) groups is 1. The quantitative estimate of drug-likeness (QED) is 0.556. The average molecular weight is 263 g/mol. The molecular weight excluding hydrogens is 237 g/mol. The van der Waals surface area contributed by atoms with Crippen LogP contribution in [0.2, 0.25) is 5.31 Å². The van der Waals surface area contributed by atoms with E-state index in [1.165, 1.54) is 43.5 Å². The molecule has 1 nitrogen and oxygen atoms in total. The van der Waals surface area contributed by atoms with E-state index in [4.69, 9.17) is 20.1 Å². The van der Waals surface area contributed by atoms with Gasteiger partial charge in [-0.3, -0.25) is 0 Å². The lowest BCUT2D eigenvalue weighted by Gasteiger charge is -2.33. The molecule has 0 N–H and O–H groups in total. The van der Waals surface area contributed by atoms with Crippen molar-refractivity contribution in [1.29, 1.82) is 0 Å². The second-order valence-corrected chi connectivity index (χ2v) is 7.11. The van der Waals surface area contributed by atoms with Gasteiger partial charge >= 0.3 is 0 Å². The molecule has 1 saturated heterocycles. The van der Waals surface area contributed by atoms with E-state index in [1.807, 2.05) is 0 Å². The molecule has 1 aliphatic carbocycles. The average Bonchev–Trinajstić information content (AvgIpc) is 2.46. The third kappa shape index (κ3) is 2.76. The number of likely N-dealkylation sites (tertiary alicyclic amines) is 1. The molecule has 100 valence electrons. The largest absolute Gasteiger partial charge is 0.360 e. The fourth-order valence-corrected chi connectivity index (χ4v) is 4.70. The molecule has 0 amide bonds. The van der Waals surface area contributed by atoms with Gasteiger partial charge in [-0.15, -0.1) is 0 Å². The molecule has 0 aromatic rings. The minimum Gasteiger partial charge on any atom is -0.360 e. The van der Waals surface area contributed by atoms with Gasteiger partial charge in [-0.25, -0.2) is 0 Å². The first-order valence-corrected chi connectivity index (χ1v) is 7.98. The summed E-state index contributed by atoms with van der Waals surface area (Å²) in [6, 6.07) is 1.21. The lowest BCUT2D eigenvalue weighted by atomic mass is 9.60. The molecule has 2 aliphatic rings. The molecule has 2 rings (SSSR count). The van der Waals surface area contributed by atoms with Gasteiger partial charge in [-0.2, -0.15) is 0 Å². The number of hydrogen-bond acceptors (Lipinski definition) is 1. The van der Waals surface area contributed by atoms with Gasteiger partial charge in [0, 0.05) is 18.5 Å². The van der Waals surface area contributed by atoms with Crippen molar-refractivity contribution >= 4 is 25.1 Å². The number of rotatable bonds is 3. The Morgan fingerprint density at radius 1 is 1.50 bits per heavy atom. The van der Waals surface area contributed by atoms with E-state index >= 15 is 0 Å². The van der Waals surface area contributed by atoms with Gasteiger partial charge in [-0.05, 0) is 26.2 Å². The van der Waals surface area contributed by atoms with Gasteiger partial charge in [0.05, 0.1) is 12.8 Å². The van der Waals surface area contributed by atoms with Crippen molar-refractivity contribution in [3.05, 3.63) is 0 Å². The summed E-state index contributed by atoms with van der Waals surface area (Å²) in [7, 11) is 6.63. The van der Waals surface area contributed by atoms with Gasteiger partial charge in [0.2, 0.25) is 0 Å². The van der Waals surface area contributed by atoms with Crippen molar-refractivity contribution in [1.82, 2.24) is 4.90 Å². The summed E-state index contributed by atoms with van der Waals surface area (Å²) in [5.74, 6) is 0.707. The van der Waals surface area contributed by atoms with Crippen LogP contribution in [-0.4, -0.2) is 29.8 Å². The minimum atomic E-state index is 0.0801. The molecule has 1 heterocycles. The molecule has 2 radical (unpaired) electrons. The molecule has 18 heavy (non-hydrogen) atoms. The molecule has 3 unspecified atom stereocenters. The summed E-state index contributed by atoms with van der Waals surface area (Å²) in [6.45, 7) is 6.78. The van der Waals surface area contributed by atoms with Crippen molar-refractivity contribution in [3.63, 3.8) is 0 Å². The molecule has 3 atom stereocenters. The first-order chi connectivity index (χ1) is 8.47. The van der Waals surface area contributed by atoms with E-state index in [0.29, 0.717) is 18.0 Å². The summed E-state index contributed by atoms with van der Waals surface area (Å²) in [4.78, 5) is 3.68. The van der Waals surface area contributed by atoms with Gasteiger partial charge < -0.3 is 4.90 Å². The Kier molecular flexibility index (Phi) is 4.41. The van der Waals surface area contributed by atoms with Crippen LogP contribution in [0.1, 0.15) is 65.7 Å². The van der Waals surface area contributed by atoms with E-state index in [-0.39, 0.29) is 5.31 Å². The fourth-order valence-electron chi connectivity index (χ4n) is 4.14. The van der Waals surface area contributed by atoms with Gasteiger partial charge in [-0.1, -0.05) is 56.6 Å². The monoisotopic (exact) mass is 263 g/mol. The third-order valence-electron chi connectivity index (χ3n) is 4.77. The second kappa shape index (κ2) is 5.52. The summed E-state index contributed by atoms with van der Waals surface area (Å²) in [6.07, 6.45) is 8.40. The SMILES string of the molecule is [B]C1(CCC)CCCC2C(CC(=S)N2C(C)C)C1. The third-order valence-corrected chi connectivity index (χ3v) is 5.15. The molecule has 0 bridgehead atoms. The predicted octanol–water partition coefficient (Wildman–Crippen LogP) is 4.11. The van der Waals surface area contributed by atoms with Crippen molar-refractivity contribution < 1.29 is 0 Å². The van der Waals surface area contributed by atoms with Crippen LogP contribution in [-0.2, 0) is 0 Å². The maximum Gasteiger partial charge on any atom is 0.0787 e. The molecule has 2 fully saturated rings. The highest BCUT2D eigenvalue weighted by atomic mass is 32.1. The molecule has 3 heteroatoms. The zero-order chi connectivity index (χ0) is 13.3. The van der Waals surface area contributed by atoms with Crippen LogP contribution in [0.25, 0.3) is 0 Å². The van der Waals surface area contributed by atoms with Crippen molar-refractivity contribution in [2.45, 2.75) is 83.1 Å². The lowest BCUT2D eigenvalue weighted by molar-refractivity contribution is 0.223. The molecule has 1 saturated carbocycles. The highest BCUT2D eigenvalue weighted by Crippen LogP contribution is 2.49. The highest BCUT2D eigenvalue weighted by molar-refractivity contribution is 7.80. The van der Waals surface area contributed by atoms with Crippen LogP contribution in [0, 0.1) is 5.92 Å². The zero-order valence-corrected chi connectivity index (χ0v) is 12.9. The van der Waals surface area contributed by atoms with E-state index in [9.17, 15) is 0 Å². The summed E-state index contributed by atoms with van der Waals surface area (Å²) in [5, 5.41) is 0.0801. The Balaban J connectivity index is 2.13. The Morgan fingerprint density at radius 2 is 2.22 bits per heavy atom. The van der Waals surface area contributed by atoms with E-state index in [0.717, 1.165) is 6.42 Å². The normalized spacial score (nSPS) is 36.9. The topological polar surface area (TPSA) is 3.24 Å². The zero-order valence-electron chi connectivity index (χ0n) is 12.1. The van der Waals surface area contributed by atoms with Crippen LogP contribution in [0.4, 0.5) is 0 Å². The molecular formula is C15H26BNS. The van der Waals surface area contributed by atoms with Crippen molar-refractivity contribution in [2.75, 3.05) is 0 Å². The van der Waals surface area contributed by atoms with Crippen molar-refractivity contribution in [2.24, 2.45) is 5.92 Å². The van der Waals surface area contributed by atoms with Gasteiger partial charge in [0.1, 0.15) is 0 Å². The Hall–Kier alpha value is -0.0451. The molecule has 0 aromatic carbocycles. The van der Waals surface area contributed by atoms with Crippen LogP contribution in [0.15, 0.2) is 0 Å². The first kappa shape index (κ1) is 14.4. The summed E-state index contributed by atoms with van der Waals surface area (Å²) >= 11 is 5.60. The van der Waals surface area contributed by atoms with Crippen molar-refractivity contribution in [3.8, 4) is 0 Å². The predicted molar refractivity (Wildman–Crippen MR) is 83.3 cm³/mol. The lowest BCUT2D eigenvalue weighted by Crippen LogP contribution is -2.39. The molecule has 0 spiro atoms. The molecule has 0 aromatic heterocycles. The first-order valence-electron chi connectivity index (χ1n) is 7.57. The van der Waals surface area contributed by atoms with E-state index < -0.39 is 0 Å². The highest BCUT2D eigenvalue weighted by Gasteiger charge is 2.43. The number of hydrogen-bond donors (Lipinski definition) is 0. The standard InChI is InChI=1S/C15H26BNS/c1-4-7-15(16)8-5-6-13-12(10-15)9-14(18)17(13)11(2)3/h11-13H,4-10H2,1-3H3. The van der Waals surface area contributed by atoms with E-state index in [2.05, 4.69) is 25.7 Å². The smallest absolute Gasteiger partial charge is 0.0787 e. The van der Waals surface area contributed by atoms with Crippen LogP contribution in [0.5, 0.6) is 0 Å². The number of nitrogens with zero attached hydrogens (tertiary/aromatic N) is 1. The Morgan fingerprint density at radius 3 is 2.83 bits per heavy atom. The van der Waals surface area contributed by atoms with Gasteiger partial charge in [0.25, 0.3) is 0 Å². The molecule has 1 aliphatic heterocycles. The summed E-state index contributed by atoms with van der Waals surface area (Å²) in [5.41, 5.74) is 0. The Labute approximate surface area is 119 Å². The van der Waals surface area contributed by atoms with E-state index in [1.54, 1.807) is 0 Å². The van der Waals surface area contributed by atoms with Crippen LogP contribution < -0.4 is 0 Å². The Bertz CT molecular complexity index is 318. The number of fused-ring (bicyclic) bond motifs is 1. The van der Waals surface area contributed by atoms with Crippen LogP contribution in [0.3, 0.4) is 0 Å². The fraction of sp³-hybridized carbons (Fsp3) is 0.933.